The van der Waals surface area contributed by atoms with Gasteiger partial charge in [-0.25, -0.2) is 18.2 Å². The van der Waals surface area contributed by atoms with E-state index in [0.717, 1.165) is 28.8 Å². The van der Waals surface area contributed by atoms with Gasteiger partial charge in [0.1, 0.15) is 5.82 Å². The van der Waals surface area contributed by atoms with Crippen LogP contribution >= 0.6 is 0 Å². The van der Waals surface area contributed by atoms with Gasteiger partial charge in [-0.15, -0.1) is 0 Å². The van der Waals surface area contributed by atoms with E-state index in [-0.39, 0.29) is 12.4 Å². The van der Waals surface area contributed by atoms with Gasteiger partial charge >= 0.3 is 0 Å². The minimum Gasteiger partial charge on any atom is -0.315 e. The molecule has 1 heterocycles. The maximum atomic E-state index is 14.3. The number of hydrazone groups is 1. The van der Waals surface area contributed by atoms with Gasteiger partial charge in [0.15, 0.2) is 0 Å². The first kappa shape index (κ1) is 25.8. The van der Waals surface area contributed by atoms with Gasteiger partial charge in [0.2, 0.25) is 10.0 Å². The molecule has 0 aliphatic carbocycles. The minimum atomic E-state index is -3.49. The van der Waals surface area contributed by atoms with Crippen LogP contribution in [0.15, 0.2) is 90.0 Å². The molecule has 190 valence electrons. The lowest BCUT2D eigenvalue weighted by atomic mass is 10.1. The number of amides is 1. The van der Waals surface area contributed by atoms with Crippen molar-refractivity contribution in [3.05, 3.63) is 119 Å². The Bertz CT molecular complexity index is 1550. The van der Waals surface area contributed by atoms with Gasteiger partial charge in [-0.05, 0) is 61.9 Å². The molecule has 0 unspecified atom stereocenters. The molecule has 4 rings (SSSR count). The van der Waals surface area contributed by atoms with Crippen LogP contribution in [0, 0.1) is 19.7 Å². The van der Waals surface area contributed by atoms with E-state index in [9.17, 15) is 17.6 Å². The molecule has 0 bridgehead atoms. The number of hydrogen-bond donors (Lipinski definition) is 1. The summed E-state index contributed by atoms with van der Waals surface area (Å²) in [7, 11) is -3.49. The lowest BCUT2D eigenvalue weighted by Gasteiger charge is -2.22. The molecule has 4 aromatic rings. The zero-order chi connectivity index (χ0) is 26.6. The lowest BCUT2D eigenvalue weighted by Crippen LogP contribution is -2.29. The normalized spacial score (nSPS) is 11.6. The summed E-state index contributed by atoms with van der Waals surface area (Å²) in [4.78, 5) is 12.6. The SMILES string of the molecule is Cc1cc(/C=N/NC(=O)c2ccc(CN(c3ccccc3)S(C)(=O)=O)cc2)c(C)n1-c1ccccc1F. The molecule has 9 heteroatoms. The Morgan fingerprint density at radius 3 is 2.30 bits per heavy atom. The van der Waals surface area contributed by atoms with Gasteiger partial charge in [0, 0.05) is 22.5 Å². The molecule has 0 radical (unpaired) electrons. The number of carbonyl (C=O) groups excluding carboxylic acids is 1. The maximum absolute atomic E-state index is 14.3. The quantitative estimate of drug-likeness (QED) is 0.264. The third-order valence-corrected chi connectivity index (χ3v) is 7.06. The number of nitrogens with zero attached hydrogens (tertiary/aromatic N) is 3. The third kappa shape index (κ3) is 5.95. The van der Waals surface area contributed by atoms with Crippen molar-refractivity contribution in [2.75, 3.05) is 10.6 Å². The van der Waals surface area contributed by atoms with Gasteiger partial charge in [-0.2, -0.15) is 5.10 Å². The number of hydrogen-bond acceptors (Lipinski definition) is 4. The molecule has 0 spiro atoms. The van der Waals surface area contributed by atoms with Crippen molar-refractivity contribution in [1.82, 2.24) is 9.99 Å². The van der Waals surface area contributed by atoms with E-state index in [2.05, 4.69) is 10.5 Å². The Morgan fingerprint density at radius 2 is 1.65 bits per heavy atom. The zero-order valence-corrected chi connectivity index (χ0v) is 21.5. The van der Waals surface area contributed by atoms with Gasteiger partial charge in [-0.3, -0.25) is 9.10 Å². The first-order valence-corrected chi connectivity index (χ1v) is 13.4. The Labute approximate surface area is 215 Å². The van der Waals surface area contributed by atoms with Crippen molar-refractivity contribution in [2.24, 2.45) is 5.10 Å². The molecular weight excluding hydrogens is 491 g/mol. The van der Waals surface area contributed by atoms with E-state index in [1.165, 1.54) is 16.6 Å². The first-order valence-electron chi connectivity index (χ1n) is 11.5. The molecule has 0 fully saturated rings. The second kappa shape index (κ2) is 10.8. The molecule has 1 amide bonds. The summed E-state index contributed by atoms with van der Waals surface area (Å²) in [5.41, 5.74) is 7.00. The number of halogens is 1. The van der Waals surface area contributed by atoms with E-state index < -0.39 is 15.9 Å². The number of nitrogens with one attached hydrogen (secondary N) is 1. The van der Waals surface area contributed by atoms with Crippen LogP contribution in [0.3, 0.4) is 0 Å². The van der Waals surface area contributed by atoms with Crippen LogP contribution in [0.2, 0.25) is 0 Å². The summed E-state index contributed by atoms with van der Waals surface area (Å²) in [5, 5.41) is 4.07. The molecule has 37 heavy (non-hydrogen) atoms. The van der Waals surface area contributed by atoms with Crippen LogP contribution < -0.4 is 9.73 Å². The van der Waals surface area contributed by atoms with E-state index in [4.69, 9.17) is 0 Å². The fourth-order valence-electron chi connectivity index (χ4n) is 4.07. The highest BCUT2D eigenvalue weighted by Gasteiger charge is 2.18. The summed E-state index contributed by atoms with van der Waals surface area (Å²) in [6, 6.07) is 23.9. The number of aryl methyl sites for hydroxylation is 1. The lowest BCUT2D eigenvalue weighted by molar-refractivity contribution is 0.0955. The highest BCUT2D eigenvalue weighted by Crippen LogP contribution is 2.22. The van der Waals surface area contributed by atoms with Crippen molar-refractivity contribution in [3.8, 4) is 5.69 Å². The van der Waals surface area contributed by atoms with Crippen LogP contribution in [0.25, 0.3) is 5.69 Å². The van der Waals surface area contributed by atoms with E-state index in [1.807, 2.05) is 26.0 Å². The summed E-state index contributed by atoms with van der Waals surface area (Å²) in [6.07, 6.45) is 2.68. The van der Waals surface area contributed by atoms with Gasteiger partial charge in [0.25, 0.3) is 5.91 Å². The number of carbonyl (C=O) groups is 1. The molecule has 0 atom stereocenters. The number of benzene rings is 3. The predicted molar refractivity (Wildman–Crippen MR) is 144 cm³/mol. The van der Waals surface area contributed by atoms with Crippen molar-refractivity contribution in [2.45, 2.75) is 20.4 Å². The van der Waals surface area contributed by atoms with Gasteiger partial charge < -0.3 is 4.57 Å². The molecule has 0 aliphatic heterocycles. The van der Waals surface area contributed by atoms with Crippen molar-refractivity contribution in [1.29, 1.82) is 0 Å². The molecule has 7 nitrogen and oxygen atoms in total. The fraction of sp³-hybridized carbons (Fsp3) is 0.143. The largest absolute Gasteiger partial charge is 0.315 e. The number of anilines is 1. The molecule has 1 aromatic heterocycles. The van der Waals surface area contributed by atoms with Crippen molar-refractivity contribution < 1.29 is 17.6 Å². The minimum absolute atomic E-state index is 0.139. The predicted octanol–water partition coefficient (Wildman–Crippen LogP) is 4.96. The zero-order valence-electron chi connectivity index (χ0n) is 20.7. The molecule has 0 saturated heterocycles. The summed E-state index contributed by atoms with van der Waals surface area (Å²) >= 11 is 0. The Hall–Kier alpha value is -4.24. The molecular formula is C28H27FN4O3S. The van der Waals surface area contributed by atoms with E-state index >= 15 is 0 Å². The summed E-state index contributed by atoms with van der Waals surface area (Å²) in [6.45, 7) is 3.87. The summed E-state index contributed by atoms with van der Waals surface area (Å²) in [5.74, 6) is -0.735. The molecule has 3 aromatic carbocycles. The molecule has 1 N–H and O–H groups in total. The summed E-state index contributed by atoms with van der Waals surface area (Å²) < 4.78 is 42.0. The van der Waals surface area contributed by atoms with Crippen LogP contribution in [0.4, 0.5) is 10.1 Å². The average molecular weight is 519 g/mol. The van der Waals surface area contributed by atoms with Gasteiger partial charge in [-0.1, -0.05) is 42.5 Å². The first-order chi connectivity index (χ1) is 17.6. The topological polar surface area (TPSA) is 83.8 Å². The Morgan fingerprint density at radius 1 is 1.00 bits per heavy atom. The maximum Gasteiger partial charge on any atom is 0.271 e. The van der Waals surface area contributed by atoms with Gasteiger partial charge in [0.05, 0.1) is 30.4 Å². The number of rotatable bonds is 8. The fourth-order valence-corrected chi connectivity index (χ4v) is 4.96. The van der Waals surface area contributed by atoms with Crippen molar-refractivity contribution >= 4 is 27.8 Å². The van der Waals surface area contributed by atoms with E-state index in [0.29, 0.717) is 16.9 Å². The number of para-hydroxylation sites is 2. The highest BCUT2D eigenvalue weighted by atomic mass is 32.2. The van der Waals surface area contributed by atoms with Crippen LogP contribution in [0.5, 0.6) is 0 Å². The third-order valence-electron chi connectivity index (χ3n) is 5.92. The second-order valence-corrected chi connectivity index (χ2v) is 10.5. The van der Waals surface area contributed by atoms with Crippen LogP contribution in [-0.2, 0) is 16.6 Å². The number of sulfonamides is 1. The van der Waals surface area contributed by atoms with Crippen LogP contribution in [0.1, 0.15) is 32.9 Å². The Kier molecular flexibility index (Phi) is 7.54. The number of aromatic nitrogens is 1. The average Bonchev–Trinajstić information content (AvgIpc) is 3.15. The second-order valence-electron chi connectivity index (χ2n) is 8.61. The molecule has 0 saturated carbocycles. The highest BCUT2D eigenvalue weighted by molar-refractivity contribution is 7.92. The smallest absolute Gasteiger partial charge is 0.271 e. The monoisotopic (exact) mass is 518 g/mol. The standard InChI is InChI=1S/C28H27FN4O3S/c1-20-17-24(21(2)33(20)27-12-8-7-11-26(27)29)18-30-31-28(34)23-15-13-22(14-16-23)19-32(37(3,35)36)25-9-5-4-6-10-25/h4-18H,19H2,1-3H3,(H,31,34)/b30-18+. The van der Waals surface area contributed by atoms with Crippen LogP contribution in [-0.4, -0.2) is 31.4 Å². The Balaban J connectivity index is 1.44. The van der Waals surface area contributed by atoms with Crippen molar-refractivity contribution in [3.63, 3.8) is 0 Å². The molecule has 0 aliphatic rings. The van der Waals surface area contributed by atoms with E-state index in [1.54, 1.807) is 71.3 Å².